The monoisotopic (exact) mass is 442 g/mol. The van der Waals surface area contributed by atoms with Crippen LogP contribution in [-0.2, 0) is 6.54 Å². The minimum absolute atomic E-state index is 0.00773. The Balaban J connectivity index is 1.70. The molecule has 0 saturated carbocycles. The van der Waals surface area contributed by atoms with Crippen molar-refractivity contribution in [3.05, 3.63) is 88.9 Å². The molecule has 3 heterocycles. The number of aromatic hydroxyl groups is 2. The summed E-state index contributed by atoms with van der Waals surface area (Å²) in [6, 6.07) is 13.5. The molecule has 1 aliphatic rings. The van der Waals surface area contributed by atoms with E-state index in [0.717, 1.165) is 16.7 Å². The number of nitrogens with zero attached hydrogens (tertiary/aromatic N) is 3. The van der Waals surface area contributed by atoms with Crippen LogP contribution in [0.1, 0.15) is 38.8 Å². The lowest BCUT2D eigenvalue weighted by Crippen LogP contribution is -2.29. The molecule has 1 atom stereocenters. The first-order valence-electron chi connectivity index (χ1n) is 10.4. The maximum Gasteiger partial charge on any atom is 0.273 e. The number of amides is 1. The zero-order chi connectivity index (χ0) is 23.1. The van der Waals surface area contributed by atoms with Gasteiger partial charge in [-0.15, -0.1) is 0 Å². The van der Waals surface area contributed by atoms with Crippen molar-refractivity contribution in [2.75, 3.05) is 7.11 Å². The van der Waals surface area contributed by atoms with Crippen molar-refractivity contribution in [3.8, 4) is 28.5 Å². The fraction of sp³-hybridized carbons (Fsp3) is 0.160. The molecule has 166 valence electrons. The van der Waals surface area contributed by atoms with Gasteiger partial charge in [-0.25, -0.2) is 0 Å². The molecule has 0 spiro atoms. The number of hydrogen-bond donors (Lipinski definition) is 3. The first-order valence-corrected chi connectivity index (χ1v) is 10.4. The molecule has 1 aliphatic heterocycles. The van der Waals surface area contributed by atoms with Crippen molar-refractivity contribution in [2.24, 2.45) is 0 Å². The summed E-state index contributed by atoms with van der Waals surface area (Å²) in [7, 11) is 1.48. The lowest BCUT2D eigenvalue weighted by Gasteiger charge is -2.27. The lowest BCUT2D eigenvalue weighted by molar-refractivity contribution is 0.0729. The largest absolute Gasteiger partial charge is 0.507 e. The molecule has 2 aromatic heterocycles. The predicted molar refractivity (Wildman–Crippen MR) is 121 cm³/mol. The molecule has 3 N–H and O–H groups in total. The van der Waals surface area contributed by atoms with Crippen LogP contribution in [0.2, 0.25) is 0 Å². The smallest absolute Gasteiger partial charge is 0.273 e. The van der Waals surface area contributed by atoms with Gasteiger partial charge in [0, 0.05) is 30.1 Å². The fourth-order valence-corrected chi connectivity index (χ4v) is 4.30. The van der Waals surface area contributed by atoms with Crippen LogP contribution in [0.5, 0.6) is 17.2 Å². The number of carbonyl (C=O) groups excluding carboxylic acids is 1. The fourth-order valence-electron chi connectivity index (χ4n) is 4.30. The van der Waals surface area contributed by atoms with Gasteiger partial charge in [0.2, 0.25) is 0 Å². The number of aryl methyl sites for hydroxylation is 1. The van der Waals surface area contributed by atoms with E-state index in [1.165, 1.54) is 7.11 Å². The second-order valence-electron chi connectivity index (χ2n) is 8.01. The van der Waals surface area contributed by atoms with E-state index in [-0.39, 0.29) is 17.4 Å². The Morgan fingerprint density at radius 2 is 1.94 bits per heavy atom. The molecule has 5 rings (SSSR count). The van der Waals surface area contributed by atoms with Crippen LogP contribution in [0, 0.1) is 6.92 Å². The van der Waals surface area contributed by atoms with Crippen LogP contribution in [-0.4, -0.2) is 43.3 Å². The Hall–Kier alpha value is -4.33. The van der Waals surface area contributed by atoms with Gasteiger partial charge < -0.3 is 19.8 Å². The highest BCUT2D eigenvalue weighted by Gasteiger charge is 2.42. The topological polar surface area (TPSA) is 112 Å². The molecule has 0 bridgehead atoms. The summed E-state index contributed by atoms with van der Waals surface area (Å²) in [5.74, 6) is 0.179. The van der Waals surface area contributed by atoms with Gasteiger partial charge in [0.05, 0.1) is 13.2 Å². The molecule has 0 fully saturated rings. The summed E-state index contributed by atoms with van der Waals surface area (Å²) in [4.78, 5) is 19.4. The summed E-state index contributed by atoms with van der Waals surface area (Å²) < 4.78 is 5.32. The zero-order valence-electron chi connectivity index (χ0n) is 18.1. The number of carbonyl (C=O) groups is 1. The molecule has 0 aliphatic carbocycles. The molecule has 0 radical (unpaired) electrons. The minimum Gasteiger partial charge on any atom is -0.507 e. The van der Waals surface area contributed by atoms with E-state index < -0.39 is 6.04 Å². The highest BCUT2D eigenvalue weighted by molar-refractivity contribution is 6.00. The van der Waals surface area contributed by atoms with E-state index in [0.29, 0.717) is 34.8 Å². The summed E-state index contributed by atoms with van der Waals surface area (Å²) in [6.45, 7) is 2.25. The molecule has 8 nitrogen and oxygen atoms in total. The second kappa shape index (κ2) is 7.98. The van der Waals surface area contributed by atoms with E-state index in [4.69, 9.17) is 4.74 Å². The highest BCUT2D eigenvalue weighted by Crippen LogP contribution is 2.46. The van der Waals surface area contributed by atoms with Crippen molar-refractivity contribution < 1.29 is 19.7 Å². The molecule has 4 aromatic rings. The average Bonchev–Trinajstić information content (AvgIpc) is 3.36. The Kier molecular flexibility index (Phi) is 4.97. The number of methoxy groups -OCH3 is 1. The number of aromatic nitrogens is 3. The van der Waals surface area contributed by atoms with Gasteiger partial charge in [0.1, 0.15) is 17.1 Å². The molecule has 33 heavy (non-hydrogen) atoms. The van der Waals surface area contributed by atoms with Crippen molar-refractivity contribution in [3.63, 3.8) is 0 Å². The minimum atomic E-state index is -0.518. The quantitative estimate of drug-likeness (QED) is 0.432. The lowest BCUT2D eigenvalue weighted by atomic mass is 9.94. The van der Waals surface area contributed by atoms with Crippen LogP contribution in [0.25, 0.3) is 11.3 Å². The van der Waals surface area contributed by atoms with Gasteiger partial charge in [0.25, 0.3) is 5.91 Å². The normalized spacial score (nSPS) is 15.0. The summed E-state index contributed by atoms with van der Waals surface area (Å²) in [6.07, 6.45) is 3.41. The Morgan fingerprint density at radius 3 is 2.70 bits per heavy atom. The van der Waals surface area contributed by atoms with Crippen LogP contribution < -0.4 is 4.74 Å². The molecule has 1 amide bonds. The van der Waals surface area contributed by atoms with Gasteiger partial charge in [-0.2, -0.15) is 5.10 Å². The van der Waals surface area contributed by atoms with Crippen LogP contribution in [0.3, 0.4) is 0 Å². The van der Waals surface area contributed by atoms with Crippen molar-refractivity contribution in [1.82, 2.24) is 20.1 Å². The number of phenols is 2. The number of benzene rings is 2. The number of fused-ring (bicyclic) bond motifs is 1. The van der Waals surface area contributed by atoms with Gasteiger partial charge in [0.15, 0.2) is 11.5 Å². The van der Waals surface area contributed by atoms with Gasteiger partial charge in [-0.3, -0.25) is 14.9 Å². The summed E-state index contributed by atoms with van der Waals surface area (Å²) in [5, 5.41) is 28.0. The third kappa shape index (κ3) is 3.45. The van der Waals surface area contributed by atoms with Crippen molar-refractivity contribution in [2.45, 2.75) is 19.5 Å². The predicted octanol–water partition coefficient (Wildman–Crippen LogP) is 3.95. The van der Waals surface area contributed by atoms with Gasteiger partial charge in [-0.05, 0) is 48.4 Å². The number of rotatable bonds is 5. The van der Waals surface area contributed by atoms with E-state index in [9.17, 15) is 15.0 Å². The number of H-pyrrole nitrogens is 1. The van der Waals surface area contributed by atoms with E-state index in [1.807, 2.05) is 31.2 Å². The Bertz CT molecular complexity index is 1350. The van der Waals surface area contributed by atoms with Crippen molar-refractivity contribution in [1.29, 1.82) is 0 Å². The van der Waals surface area contributed by atoms with Gasteiger partial charge in [-0.1, -0.05) is 23.8 Å². The van der Waals surface area contributed by atoms with E-state index in [1.54, 1.807) is 41.6 Å². The maximum atomic E-state index is 13.5. The van der Waals surface area contributed by atoms with Crippen molar-refractivity contribution >= 4 is 5.91 Å². The highest BCUT2D eigenvalue weighted by atomic mass is 16.5. The standard InChI is InChI=1S/C25H22N4O4/c1-14-5-7-18(30)17(10-14)22-21-23(28-27-22)25(32)29(13-15-4-3-9-26-12-15)24(21)16-6-8-19(31)20(11-16)33-2/h3-12,24,30-31H,13H2,1-2H3,(H,27,28)/t24-/m1/s1. The number of phenolic OH excluding ortho intramolecular Hbond substituents is 2. The van der Waals surface area contributed by atoms with E-state index >= 15 is 0 Å². The third-order valence-electron chi connectivity index (χ3n) is 5.87. The molecule has 8 heteroatoms. The number of aromatic amines is 1. The Morgan fingerprint density at radius 1 is 1.12 bits per heavy atom. The SMILES string of the molecule is COc1cc([C@@H]2c3c(-c4cc(C)ccc4O)n[nH]c3C(=O)N2Cc2cccnc2)ccc1O. The molecule has 0 saturated heterocycles. The molecule has 0 unspecified atom stereocenters. The van der Waals surface area contributed by atoms with Crippen LogP contribution in [0.15, 0.2) is 60.9 Å². The molecular weight excluding hydrogens is 420 g/mol. The zero-order valence-corrected chi connectivity index (χ0v) is 18.1. The Labute approximate surface area is 190 Å². The number of nitrogens with one attached hydrogen (secondary N) is 1. The first kappa shape index (κ1) is 20.6. The summed E-state index contributed by atoms with van der Waals surface area (Å²) in [5.41, 5.74) is 4.66. The third-order valence-corrected chi connectivity index (χ3v) is 5.87. The number of pyridine rings is 1. The number of hydrogen-bond acceptors (Lipinski definition) is 6. The van der Waals surface area contributed by atoms with Crippen LogP contribution in [0.4, 0.5) is 0 Å². The number of ether oxygens (including phenoxy) is 1. The second-order valence-corrected chi connectivity index (χ2v) is 8.01. The molecule has 2 aromatic carbocycles. The van der Waals surface area contributed by atoms with Gasteiger partial charge >= 0.3 is 0 Å². The summed E-state index contributed by atoms with van der Waals surface area (Å²) >= 11 is 0. The van der Waals surface area contributed by atoms with Crippen LogP contribution >= 0.6 is 0 Å². The maximum absolute atomic E-state index is 13.5. The average molecular weight is 442 g/mol. The molecular formula is C25H22N4O4. The van der Waals surface area contributed by atoms with E-state index in [2.05, 4.69) is 15.2 Å². The first-order chi connectivity index (χ1) is 16.0.